The number of amides is 1. The van der Waals surface area contributed by atoms with Gasteiger partial charge in [0.05, 0.1) is 0 Å². The number of aryl methyl sites for hydroxylation is 1. The van der Waals surface area contributed by atoms with Crippen LogP contribution in [0.5, 0.6) is 0 Å². The first-order valence-corrected chi connectivity index (χ1v) is 9.27. The largest absolute Gasteiger partial charge is 0.340 e. The Morgan fingerprint density at radius 3 is 2.20 bits per heavy atom. The van der Waals surface area contributed by atoms with E-state index in [0.717, 1.165) is 11.3 Å². The molecule has 0 spiro atoms. The van der Waals surface area contributed by atoms with Gasteiger partial charge in [0, 0.05) is 29.8 Å². The minimum absolute atomic E-state index is 0.257. The predicted molar refractivity (Wildman–Crippen MR) is 116 cm³/mol. The number of aromatic nitrogens is 4. The summed E-state index contributed by atoms with van der Waals surface area (Å²) >= 11 is 0. The van der Waals surface area contributed by atoms with E-state index in [4.69, 9.17) is 0 Å². The van der Waals surface area contributed by atoms with Gasteiger partial charge in [-0.1, -0.05) is 6.07 Å². The molecule has 0 radical (unpaired) electrons. The fourth-order valence-electron chi connectivity index (χ4n) is 2.71. The summed E-state index contributed by atoms with van der Waals surface area (Å²) in [6.45, 7) is 2.00. The molecule has 148 valence electrons. The monoisotopic (exact) mass is 397 g/mol. The molecule has 0 saturated heterocycles. The van der Waals surface area contributed by atoms with Gasteiger partial charge >= 0.3 is 0 Å². The predicted octanol–water partition coefficient (Wildman–Crippen LogP) is 4.31. The molecule has 4 aromatic rings. The molecule has 3 heterocycles. The molecular weight excluding hydrogens is 378 g/mol. The number of hydrogen-bond donors (Lipinski definition) is 3. The van der Waals surface area contributed by atoms with Crippen molar-refractivity contribution in [3.8, 4) is 0 Å². The second-order valence-corrected chi connectivity index (χ2v) is 6.50. The summed E-state index contributed by atoms with van der Waals surface area (Å²) < 4.78 is 0. The van der Waals surface area contributed by atoms with Crippen molar-refractivity contribution < 1.29 is 4.79 Å². The van der Waals surface area contributed by atoms with Crippen molar-refractivity contribution in [3.63, 3.8) is 0 Å². The van der Waals surface area contributed by atoms with Crippen LogP contribution in [-0.4, -0.2) is 25.8 Å². The summed E-state index contributed by atoms with van der Waals surface area (Å²) in [7, 11) is 0. The third-order valence-electron chi connectivity index (χ3n) is 4.15. The molecule has 1 amide bonds. The molecule has 8 heteroatoms. The van der Waals surface area contributed by atoms with E-state index >= 15 is 0 Å². The molecule has 0 aliphatic carbocycles. The zero-order valence-electron chi connectivity index (χ0n) is 16.2. The van der Waals surface area contributed by atoms with E-state index in [1.54, 1.807) is 48.8 Å². The number of hydrogen-bond acceptors (Lipinski definition) is 7. The highest BCUT2D eigenvalue weighted by Crippen LogP contribution is 2.20. The van der Waals surface area contributed by atoms with Gasteiger partial charge in [-0.25, -0.2) is 15.0 Å². The molecule has 4 rings (SSSR count). The van der Waals surface area contributed by atoms with Gasteiger partial charge in [0.1, 0.15) is 29.5 Å². The summed E-state index contributed by atoms with van der Waals surface area (Å²) in [5.41, 5.74) is 2.97. The molecule has 0 atom stereocenters. The van der Waals surface area contributed by atoms with Crippen LogP contribution in [0, 0.1) is 6.92 Å². The first-order valence-electron chi connectivity index (χ1n) is 9.27. The zero-order chi connectivity index (χ0) is 20.8. The molecule has 0 saturated carbocycles. The minimum Gasteiger partial charge on any atom is -0.340 e. The second-order valence-electron chi connectivity index (χ2n) is 6.50. The topological polar surface area (TPSA) is 105 Å². The Labute approximate surface area is 173 Å². The highest BCUT2D eigenvalue weighted by molar-refractivity contribution is 6.02. The van der Waals surface area contributed by atoms with E-state index in [1.807, 2.05) is 31.2 Å². The van der Waals surface area contributed by atoms with Crippen LogP contribution in [0.15, 0.2) is 79.4 Å². The number of benzene rings is 1. The number of nitrogens with zero attached hydrogens (tertiary/aromatic N) is 4. The summed E-state index contributed by atoms with van der Waals surface area (Å²) in [5.74, 6) is 1.72. The van der Waals surface area contributed by atoms with E-state index < -0.39 is 0 Å². The number of anilines is 5. The van der Waals surface area contributed by atoms with Gasteiger partial charge in [-0.15, -0.1) is 0 Å². The summed E-state index contributed by atoms with van der Waals surface area (Å²) in [6.07, 6.45) is 4.80. The molecule has 0 aliphatic heterocycles. The van der Waals surface area contributed by atoms with Crippen LogP contribution in [0.2, 0.25) is 0 Å². The average Bonchev–Trinajstić information content (AvgIpc) is 2.76. The highest BCUT2D eigenvalue weighted by Gasteiger charge is 2.07. The molecule has 1 aromatic carbocycles. The van der Waals surface area contributed by atoms with Gasteiger partial charge < -0.3 is 16.0 Å². The Morgan fingerprint density at radius 2 is 1.47 bits per heavy atom. The lowest BCUT2D eigenvalue weighted by Crippen LogP contribution is -2.13. The lowest BCUT2D eigenvalue weighted by atomic mass is 10.2. The van der Waals surface area contributed by atoms with E-state index in [1.165, 1.54) is 6.33 Å². The number of nitrogens with one attached hydrogen (secondary N) is 3. The van der Waals surface area contributed by atoms with Crippen molar-refractivity contribution in [2.75, 3.05) is 16.0 Å². The Bertz CT molecular complexity index is 1150. The van der Waals surface area contributed by atoms with E-state index in [9.17, 15) is 4.79 Å². The van der Waals surface area contributed by atoms with Crippen LogP contribution >= 0.6 is 0 Å². The molecule has 0 bridgehead atoms. The second kappa shape index (κ2) is 8.78. The lowest BCUT2D eigenvalue weighted by molar-refractivity contribution is 0.102. The van der Waals surface area contributed by atoms with Crippen molar-refractivity contribution in [1.82, 2.24) is 19.9 Å². The maximum absolute atomic E-state index is 12.2. The average molecular weight is 397 g/mol. The highest BCUT2D eigenvalue weighted by atomic mass is 16.1. The van der Waals surface area contributed by atoms with Gasteiger partial charge in [0.15, 0.2) is 0 Å². The minimum atomic E-state index is -0.257. The third kappa shape index (κ3) is 4.93. The van der Waals surface area contributed by atoms with Gasteiger partial charge in [0.25, 0.3) is 5.91 Å². The number of pyridine rings is 2. The molecule has 0 fully saturated rings. The quantitative estimate of drug-likeness (QED) is 0.445. The molecule has 0 aliphatic rings. The van der Waals surface area contributed by atoms with Crippen LogP contribution in [0.25, 0.3) is 0 Å². The van der Waals surface area contributed by atoms with E-state index in [2.05, 4.69) is 35.9 Å². The zero-order valence-corrected chi connectivity index (χ0v) is 16.2. The smallest absolute Gasteiger partial charge is 0.274 e. The van der Waals surface area contributed by atoms with Crippen LogP contribution in [0.1, 0.15) is 16.1 Å². The molecule has 3 N–H and O–H groups in total. The molecule has 3 aromatic heterocycles. The summed E-state index contributed by atoms with van der Waals surface area (Å²) in [6, 6.07) is 18.2. The van der Waals surface area contributed by atoms with Crippen molar-refractivity contribution >= 4 is 34.7 Å². The van der Waals surface area contributed by atoms with E-state index in [-0.39, 0.29) is 5.91 Å². The number of carbonyl (C=O) groups is 1. The maximum Gasteiger partial charge on any atom is 0.274 e. The Kier molecular flexibility index (Phi) is 5.56. The number of carbonyl (C=O) groups excluding carboxylic acids is 1. The first-order chi connectivity index (χ1) is 14.7. The standard InChI is InChI=1S/C22H19N7O/c1-15-9-11-24-19(12-15)29-21-13-20(25-14-26-21)27-16-5-7-17(8-6-16)28-22(30)18-4-2-3-10-23-18/h2-14H,1H3,(H,28,30)(H2,24,25,26,27,29). The molecule has 30 heavy (non-hydrogen) atoms. The lowest BCUT2D eigenvalue weighted by Gasteiger charge is -2.10. The van der Waals surface area contributed by atoms with Gasteiger partial charge in [-0.3, -0.25) is 9.78 Å². The number of rotatable bonds is 6. The molecular formula is C22H19N7O. The Balaban J connectivity index is 1.40. The third-order valence-corrected chi connectivity index (χ3v) is 4.15. The van der Waals surface area contributed by atoms with Gasteiger partial charge in [0.2, 0.25) is 0 Å². The van der Waals surface area contributed by atoms with E-state index in [0.29, 0.717) is 28.8 Å². The van der Waals surface area contributed by atoms with Crippen molar-refractivity contribution in [1.29, 1.82) is 0 Å². The molecule has 8 nitrogen and oxygen atoms in total. The van der Waals surface area contributed by atoms with Crippen LogP contribution in [0.3, 0.4) is 0 Å². The van der Waals surface area contributed by atoms with Crippen LogP contribution < -0.4 is 16.0 Å². The van der Waals surface area contributed by atoms with Gasteiger partial charge in [-0.05, 0) is 61.0 Å². The summed E-state index contributed by atoms with van der Waals surface area (Å²) in [5, 5.41) is 9.20. The maximum atomic E-state index is 12.2. The van der Waals surface area contributed by atoms with Gasteiger partial charge in [-0.2, -0.15) is 0 Å². The SMILES string of the molecule is Cc1ccnc(Nc2cc(Nc3ccc(NC(=O)c4ccccn4)cc3)ncn2)c1. The normalized spacial score (nSPS) is 10.3. The van der Waals surface area contributed by atoms with Crippen molar-refractivity contribution in [3.05, 3.63) is 90.6 Å². The Hall–Kier alpha value is -4.33. The van der Waals surface area contributed by atoms with Crippen LogP contribution in [0.4, 0.5) is 28.8 Å². The van der Waals surface area contributed by atoms with Crippen molar-refractivity contribution in [2.24, 2.45) is 0 Å². The fourth-order valence-corrected chi connectivity index (χ4v) is 2.71. The first kappa shape index (κ1) is 19.0. The fraction of sp³-hybridized carbons (Fsp3) is 0.0455. The van der Waals surface area contributed by atoms with Crippen LogP contribution in [-0.2, 0) is 0 Å². The van der Waals surface area contributed by atoms with Crippen molar-refractivity contribution in [2.45, 2.75) is 6.92 Å². The molecule has 0 unspecified atom stereocenters. The Morgan fingerprint density at radius 1 is 0.733 bits per heavy atom. The summed E-state index contributed by atoms with van der Waals surface area (Å²) in [4.78, 5) is 29.0.